The molecule has 2 amide bonds. The molecule has 0 aliphatic rings. The van der Waals surface area contributed by atoms with Gasteiger partial charge in [0.2, 0.25) is 21.8 Å². The van der Waals surface area contributed by atoms with Crippen molar-refractivity contribution in [3.63, 3.8) is 0 Å². The van der Waals surface area contributed by atoms with E-state index in [1.54, 1.807) is 25.1 Å². The van der Waals surface area contributed by atoms with Gasteiger partial charge in [-0.2, -0.15) is 0 Å². The Labute approximate surface area is 232 Å². The Balaban J connectivity index is 2.05. The number of rotatable bonds is 11. The molecule has 0 fully saturated rings. The minimum atomic E-state index is -3.98. The molecule has 0 heterocycles. The minimum absolute atomic E-state index is 0.00652. The summed E-state index contributed by atoms with van der Waals surface area (Å²) in [6.07, 6.45) is 1.11. The van der Waals surface area contributed by atoms with E-state index in [9.17, 15) is 22.4 Å². The fourth-order valence-corrected chi connectivity index (χ4v) is 5.09. The molecule has 0 saturated heterocycles. The second kappa shape index (κ2) is 13.1. The Morgan fingerprint density at radius 2 is 1.66 bits per heavy atom. The Kier molecular flexibility index (Phi) is 10.1. The van der Waals surface area contributed by atoms with E-state index >= 15 is 0 Å². The molecule has 0 unspecified atom stereocenters. The van der Waals surface area contributed by atoms with Gasteiger partial charge < -0.3 is 10.2 Å². The molecule has 1 atom stereocenters. The molecule has 0 aliphatic carbocycles. The Morgan fingerprint density at radius 1 is 0.947 bits per heavy atom. The molecule has 3 rings (SSSR count). The largest absolute Gasteiger partial charge is 0.355 e. The van der Waals surface area contributed by atoms with E-state index in [2.05, 4.69) is 5.32 Å². The zero-order valence-corrected chi connectivity index (χ0v) is 23.2. The van der Waals surface area contributed by atoms with Gasteiger partial charge in [-0.25, -0.2) is 12.8 Å². The Hall–Kier alpha value is -3.14. The smallest absolute Gasteiger partial charge is 0.244 e. The summed E-state index contributed by atoms with van der Waals surface area (Å²) in [6, 6.07) is 18.0. The summed E-state index contributed by atoms with van der Waals surface area (Å²) in [5.74, 6) is -1.71. The third kappa shape index (κ3) is 7.93. The topological polar surface area (TPSA) is 86.8 Å². The quantitative estimate of drug-likeness (QED) is 0.357. The lowest BCUT2D eigenvalue weighted by molar-refractivity contribution is -0.140. The predicted octanol–water partition coefficient (Wildman–Crippen LogP) is 4.67. The maximum Gasteiger partial charge on any atom is 0.244 e. The summed E-state index contributed by atoms with van der Waals surface area (Å²) in [6.45, 7) is 1.40. The molecule has 0 aromatic heterocycles. The molecule has 0 spiro atoms. The van der Waals surface area contributed by atoms with Crippen LogP contribution in [0.1, 0.15) is 18.1 Å². The van der Waals surface area contributed by atoms with Crippen molar-refractivity contribution in [2.75, 3.05) is 23.7 Å². The number of sulfonamides is 1. The third-order valence-electron chi connectivity index (χ3n) is 5.73. The molecule has 3 aromatic carbocycles. The van der Waals surface area contributed by atoms with E-state index in [1.807, 2.05) is 30.3 Å². The maximum absolute atomic E-state index is 13.9. The van der Waals surface area contributed by atoms with Gasteiger partial charge in [0, 0.05) is 19.5 Å². The second-order valence-electron chi connectivity index (χ2n) is 8.62. The summed E-state index contributed by atoms with van der Waals surface area (Å²) >= 11 is 12.3. The van der Waals surface area contributed by atoms with Crippen LogP contribution >= 0.6 is 23.2 Å². The zero-order valence-electron chi connectivity index (χ0n) is 20.9. The molecule has 0 radical (unpaired) electrons. The van der Waals surface area contributed by atoms with Crippen LogP contribution < -0.4 is 9.62 Å². The van der Waals surface area contributed by atoms with Gasteiger partial charge in [-0.15, -0.1) is 0 Å². The van der Waals surface area contributed by atoms with Crippen molar-refractivity contribution in [3.8, 4) is 0 Å². The van der Waals surface area contributed by atoms with Crippen molar-refractivity contribution in [2.24, 2.45) is 0 Å². The maximum atomic E-state index is 13.9. The standard InChI is InChI=1S/C27H28Cl2FN3O4S/c1-3-31-27(35)25(15-19-8-5-4-6-9-19)32(17-20-12-13-23(28)24(29)14-20)26(34)18-33(38(2,36)37)22-11-7-10-21(30)16-22/h4-14,16,25H,3,15,17-18H2,1-2H3,(H,31,35)/t25-/m1/s1. The number of amides is 2. The van der Waals surface area contributed by atoms with Gasteiger partial charge in [-0.1, -0.05) is 65.7 Å². The number of nitrogens with zero attached hydrogens (tertiary/aromatic N) is 2. The number of carbonyl (C=O) groups is 2. The van der Waals surface area contributed by atoms with Crippen molar-refractivity contribution < 1.29 is 22.4 Å². The van der Waals surface area contributed by atoms with Gasteiger partial charge in [-0.3, -0.25) is 13.9 Å². The van der Waals surface area contributed by atoms with Crippen LogP contribution in [0.5, 0.6) is 0 Å². The average molecular weight is 581 g/mol. The summed E-state index contributed by atoms with van der Waals surface area (Å²) in [5.41, 5.74) is 1.39. The van der Waals surface area contributed by atoms with Crippen molar-refractivity contribution >= 4 is 50.7 Å². The van der Waals surface area contributed by atoms with E-state index in [0.717, 1.165) is 22.2 Å². The Morgan fingerprint density at radius 3 is 2.26 bits per heavy atom. The van der Waals surface area contributed by atoms with Crippen LogP contribution in [0.3, 0.4) is 0 Å². The fourth-order valence-electron chi connectivity index (χ4n) is 3.93. The second-order valence-corrected chi connectivity index (χ2v) is 11.3. The normalized spacial score (nSPS) is 12.0. The van der Waals surface area contributed by atoms with Crippen LogP contribution in [-0.2, 0) is 32.6 Å². The number of hydrogen-bond donors (Lipinski definition) is 1. The highest BCUT2D eigenvalue weighted by Crippen LogP contribution is 2.25. The number of halogens is 3. The van der Waals surface area contributed by atoms with Crippen LogP contribution in [0.4, 0.5) is 10.1 Å². The summed E-state index contributed by atoms with van der Waals surface area (Å²) in [7, 11) is -3.98. The number of likely N-dealkylation sites (N-methyl/N-ethyl adjacent to an activating group) is 1. The lowest BCUT2D eigenvalue weighted by atomic mass is 10.0. The molecule has 3 aromatic rings. The number of carbonyl (C=O) groups excluding carboxylic acids is 2. The Bertz CT molecular complexity index is 1390. The van der Waals surface area contributed by atoms with Gasteiger partial charge in [0.15, 0.2) is 0 Å². The fraction of sp³-hybridized carbons (Fsp3) is 0.259. The molecular formula is C27H28Cl2FN3O4S. The van der Waals surface area contributed by atoms with E-state index in [4.69, 9.17) is 23.2 Å². The third-order valence-corrected chi connectivity index (χ3v) is 7.61. The van der Waals surface area contributed by atoms with Gasteiger partial charge in [0.1, 0.15) is 18.4 Å². The number of anilines is 1. The van der Waals surface area contributed by atoms with Crippen molar-refractivity contribution in [3.05, 3.63) is 99.8 Å². The van der Waals surface area contributed by atoms with E-state index in [1.165, 1.54) is 23.1 Å². The monoisotopic (exact) mass is 579 g/mol. The molecular weight excluding hydrogens is 552 g/mol. The molecule has 0 bridgehead atoms. The van der Waals surface area contributed by atoms with Crippen LogP contribution in [0.25, 0.3) is 0 Å². The molecule has 7 nitrogen and oxygen atoms in total. The average Bonchev–Trinajstić information content (AvgIpc) is 2.86. The first-order valence-electron chi connectivity index (χ1n) is 11.8. The molecule has 11 heteroatoms. The minimum Gasteiger partial charge on any atom is -0.355 e. The van der Waals surface area contributed by atoms with Gasteiger partial charge >= 0.3 is 0 Å². The highest BCUT2D eigenvalue weighted by Gasteiger charge is 2.33. The van der Waals surface area contributed by atoms with Gasteiger partial charge in [0.25, 0.3) is 0 Å². The van der Waals surface area contributed by atoms with Crippen LogP contribution in [-0.4, -0.2) is 50.5 Å². The first-order valence-corrected chi connectivity index (χ1v) is 14.4. The van der Waals surface area contributed by atoms with Crippen LogP contribution in [0, 0.1) is 5.82 Å². The van der Waals surface area contributed by atoms with Gasteiger partial charge in [0.05, 0.1) is 22.0 Å². The van der Waals surface area contributed by atoms with Crippen LogP contribution in [0.2, 0.25) is 10.0 Å². The number of benzene rings is 3. The lowest BCUT2D eigenvalue weighted by Gasteiger charge is -2.33. The lowest BCUT2D eigenvalue weighted by Crippen LogP contribution is -2.53. The zero-order chi connectivity index (χ0) is 27.9. The van der Waals surface area contributed by atoms with Crippen molar-refractivity contribution in [1.82, 2.24) is 10.2 Å². The first kappa shape index (κ1) is 29.4. The summed E-state index contributed by atoms with van der Waals surface area (Å²) in [5, 5.41) is 3.36. The van der Waals surface area contributed by atoms with E-state index in [0.29, 0.717) is 17.1 Å². The molecule has 1 N–H and O–H groups in total. The highest BCUT2D eigenvalue weighted by molar-refractivity contribution is 7.92. The van der Waals surface area contributed by atoms with Crippen molar-refractivity contribution in [1.29, 1.82) is 0 Å². The number of hydrogen-bond acceptors (Lipinski definition) is 4. The van der Waals surface area contributed by atoms with E-state index < -0.39 is 40.2 Å². The molecule has 0 saturated carbocycles. The number of nitrogens with one attached hydrogen (secondary N) is 1. The highest BCUT2D eigenvalue weighted by atomic mass is 35.5. The molecule has 38 heavy (non-hydrogen) atoms. The summed E-state index contributed by atoms with van der Waals surface area (Å²) < 4.78 is 40.1. The van der Waals surface area contributed by atoms with Crippen LogP contribution in [0.15, 0.2) is 72.8 Å². The summed E-state index contributed by atoms with van der Waals surface area (Å²) in [4.78, 5) is 28.4. The molecule has 0 aliphatic heterocycles. The van der Waals surface area contributed by atoms with Gasteiger partial charge in [-0.05, 0) is 48.4 Å². The first-order chi connectivity index (χ1) is 18.0. The van der Waals surface area contributed by atoms with E-state index in [-0.39, 0.29) is 23.7 Å². The SMILES string of the molecule is CCNC(=O)[C@@H](Cc1ccccc1)N(Cc1ccc(Cl)c(Cl)c1)C(=O)CN(c1cccc(F)c1)S(C)(=O)=O. The molecule has 202 valence electrons. The van der Waals surface area contributed by atoms with Crippen molar-refractivity contribution in [2.45, 2.75) is 25.9 Å². The predicted molar refractivity (Wildman–Crippen MR) is 148 cm³/mol.